The maximum absolute atomic E-state index is 12.1. The lowest BCUT2D eigenvalue weighted by molar-refractivity contribution is -0.126. The number of hydrogen-bond donors (Lipinski definition) is 1. The van der Waals surface area contributed by atoms with Gasteiger partial charge >= 0.3 is 12.1 Å². The lowest BCUT2D eigenvalue weighted by Crippen LogP contribution is -2.33. The van der Waals surface area contributed by atoms with E-state index in [9.17, 15) is 14.4 Å². The molecule has 1 aliphatic rings. The van der Waals surface area contributed by atoms with Gasteiger partial charge in [-0.05, 0) is 36.3 Å². The summed E-state index contributed by atoms with van der Waals surface area (Å²) in [6.45, 7) is 0.819. The number of amides is 2. The first-order chi connectivity index (χ1) is 11.0. The molecule has 0 aliphatic carbocycles. The molecular weight excluding hydrogens is 320 g/mol. The van der Waals surface area contributed by atoms with E-state index >= 15 is 0 Å². The topological polar surface area (TPSA) is 98.9 Å². The smallest absolute Gasteiger partial charge is 0.414 e. The number of primary amides is 1. The second-order valence-corrected chi connectivity index (χ2v) is 5.88. The molecule has 1 atom stereocenters. The number of nitrogens with two attached hydrogens (primary N) is 1. The molecule has 0 aromatic heterocycles. The number of anilines is 1. The van der Waals surface area contributed by atoms with E-state index in [2.05, 4.69) is 0 Å². The van der Waals surface area contributed by atoms with Gasteiger partial charge in [0.1, 0.15) is 6.61 Å². The van der Waals surface area contributed by atoms with E-state index in [4.69, 9.17) is 15.2 Å². The summed E-state index contributed by atoms with van der Waals surface area (Å²) in [5.41, 5.74) is 6.17. The van der Waals surface area contributed by atoms with E-state index in [1.165, 1.54) is 28.8 Å². The van der Waals surface area contributed by atoms with Gasteiger partial charge in [0.15, 0.2) is 6.10 Å². The quantitative estimate of drug-likeness (QED) is 0.755. The van der Waals surface area contributed by atoms with Gasteiger partial charge in [0, 0.05) is 12.1 Å². The van der Waals surface area contributed by atoms with Crippen molar-refractivity contribution in [1.29, 1.82) is 0 Å². The SMILES string of the molecule is CSCC[C@@H](OC(=O)c1ccc(N2CCOC2=O)cc1)C(N)=O. The van der Waals surface area contributed by atoms with Crippen LogP contribution in [0.3, 0.4) is 0 Å². The first kappa shape index (κ1) is 17.1. The van der Waals surface area contributed by atoms with Crippen molar-refractivity contribution in [1.82, 2.24) is 0 Å². The minimum Gasteiger partial charge on any atom is -0.449 e. The summed E-state index contributed by atoms with van der Waals surface area (Å²) in [6.07, 6.45) is 0.913. The Bertz CT molecular complexity index is 590. The maximum Gasteiger partial charge on any atom is 0.414 e. The van der Waals surface area contributed by atoms with Gasteiger partial charge in [-0.3, -0.25) is 9.69 Å². The molecule has 1 aromatic rings. The number of hydrogen-bond acceptors (Lipinski definition) is 6. The van der Waals surface area contributed by atoms with Crippen LogP contribution in [0.2, 0.25) is 0 Å². The van der Waals surface area contributed by atoms with Crippen molar-refractivity contribution in [2.75, 3.05) is 30.1 Å². The van der Waals surface area contributed by atoms with E-state index in [0.29, 0.717) is 31.0 Å². The Hall–Kier alpha value is -2.22. The zero-order valence-corrected chi connectivity index (χ0v) is 13.5. The fraction of sp³-hybridized carbons (Fsp3) is 0.400. The Labute approximate surface area is 138 Å². The summed E-state index contributed by atoms with van der Waals surface area (Å²) >= 11 is 1.54. The minimum absolute atomic E-state index is 0.289. The number of benzene rings is 1. The molecule has 1 heterocycles. The van der Waals surface area contributed by atoms with Crippen LogP contribution in [0.5, 0.6) is 0 Å². The van der Waals surface area contributed by atoms with E-state index in [0.717, 1.165) is 0 Å². The standard InChI is InChI=1S/C15H18N2O5S/c1-23-9-6-12(13(16)18)22-14(19)10-2-4-11(5-3-10)17-7-8-21-15(17)20/h2-5,12H,6-9H2,1H3,(H2,16,18)/t12-/m1/s1. The highest BCUT2D eigenvalue weighted by Gasteiger charge is 2.24. The fourth-order valence-electron chi connectivity index (χ4n) is 2.09. The number of rotatable bonds is 7. The van der Waals surface area contributed by atoms with Crippen LogP contribution in [0.4, 0.5) is 10.5 Å². The largest absolute Gasteiger partial charge is 0.449 e. The average Bonchev–Trinajstić information content (AvgIpc) is 2.97. The zero-order valence-electron chi connectivity index (χ0n) is 12.7. The van der Waals surface area contributed by atoms with Gasteiger partial charge < -0.3 is 15.2 Å². The monoisotopic (exact) mass is 338 g/mol. The molecule has 1 aromatic carbocycles. The van der Waals surface area contributed by atoms with Crippen LogP contribution in [-0.4, -0.2) is 49.2 Å². The van der Waals surface area contributed by atoms with E-state index in [-0.39, 0.29) is 5.56 Å². The molecule has 0 bridgehead atoms. The predicted octanol–water partition coefficient (Wildman–Crippen LogP) is 1.41. The Morgan fingerprint density at radius 3 is 2.61 bits per heavy atom. The normalized spacial score (nSPS) is 15.2. The average molecular weight is 338 g/mol. The van der Waals surface area contributed by atoms with Crippen molar-refractivity contribution in [2.45, 2.75) is 12.5 Å². The van der Waals surface area contributed by atoms with E-state index < -0.39 is 24.1 Å². The summed E-state index contributed by atoms with van der Waals surface area (Å²) in [4.78, 5) is 36.3. The number of carbonyl (C=O) groups is 3. The van der Waals surface area contributed by atoms with Crippen LogP contribution in [-0.2, 0) is 14.3 Å². The van der Waals surface area contributed by atoms with Crippen molar-refractivity contribution in [3.8, 4) is 0 Å². The fourth-order valence-corrected chi connectivity index (χ4v) is 2.54. The molecule has 2 N–H and O–H groups in total. The number of nitrogens with zero attached hydrogens (tertiary/aromatic N) is 1. The van der Waals surface area contributed by atoms with Gasteiger partial charge in [-0.2, -0.15) is 11.8 Å². The lowest BCUT2D eigenvalue weighted by Gasteiger charge is -2.15. The molecule has 1 saturated heterocycles. The zero-order chi connectivity index (χ0) is 16.8. The van der Waals surface area contributed by atoms with Gasteiger partial charge in [-0.1, -0.05) is 0 Å². The van der Waals surface area contributed by atoms with Gasteiger partial charge in [-0.15, -0.1) is 0 Å². The molecule has 23 heavy (non-hydrogen) atoms. The minimum atomic E-state index is -0.941. The van der Waals surface area contributed by atoms with Crippen LogP contribution >= 0.6 is 11.8 Å². The third-order valence-corrected chi connectivity index (χ3v) is 3.97. The molecule has 124 valence electrons. The number of esters is 1. The van der Waals surface area contributed by atoms with Crippen molar-refractivity contribution in [3.63, 3.8) is 0 Å². The highest BCUT2D eigenvalue weighted by molar-refractivity contribution is 7.98. The van der Waals surface area contributed by atoms with Crippen LogP contribution in [0.15, 0.2) is 24.3 Å². The first-order valence-electron chi connectivity index (χ1n) is 7.06. The van der Waals surface area contributed by atoms with Gasteiger partial charge in [-0.25, -0.2) is 9.59 Å². The van der Waals surface area contributed by atoms with Crippen LogP contribution in [0.25, 0.3) is 0 Å². The Morgan fingerprint density at radius 2 is 2.09 bits per heavy atom. The van der Waals surface area contributed by atoms with Crippen LogP contribution < -0.4 is 10.6 Å². The molecule has 0 spiro atoms. The lowest BCUT2D eigenvalue weighted by atomic mass is 10.2. The molecule has 7 nitrogen and oxygen atoms in total. The molecular formula is C15H18N2O5S. The maximum atomic E-state index is 12.1. The van der Waals surface area contributed by atoms with E-state index in [1.54, 1.807) is 12.1 Å². The number of ether oxygens (including phenoxy) is 2. The van der Waals surface area contributed by atoms with Crippen molar-refractivity contribution in [3.05, 3.63) is 29.8 Å². The predicted molar refractivity (Wildman–Crippen MR) is 86.5 cm³/mol. The molecule has 2 amide bonds. The second-order valence-electron chi connectivity index (χ2n) is 4.89. The van der Waals surface area contributed by atoms with Gasteiger partial charge in [0.25, 0.3) is 5.91 Å². The number of cyclic esters (lactones) is 1. The Balaban J connectivity index is 2.01. The highest BCUT2D eigenvalue weighted by atomic mass is 32.2. The van der Waals surface area contributed by atoms with E-state index in [1.807, 2.05) is 6.26 Å². The number of carbonyl (C=O) groups excluding carboxylic acids is 3. The third kappa shape index (κ3) is 4.38. The van der Waals surface area contributed by atoms with Gasteiger partial charge in [0.05, 0.1) is 12.1 Å². The summed E-state index contributed by atoms with van der Waals surface area (Å²) in [7, 11) is 0. The van der Waals surface area contributed by atoms with Crippen molar-refractivity contribution >= 4 is 35.4 Å². The molecule has 1 aliphatic heterocycles. The molecule has 0 saturated carbocycles. The molecule has 1 fully saturated rings. The van der Waals surface area contributed by atoms with Crippen molar-refractivity contribution in [2.24, 2.45) is 5.73 Å². The highest BCUT2D eigenvalue weighted by Crippen LogP contribution is 2.20. The Morgan fingerprint density at radius 1 is 1.39 bits per heavy atom. The molecule has 0 radical (unpaired) electrons. The Kier molecular flexibility index (Phi) is 5.86. The summed E-state index contributed by atoms with van der Waals surface area (Å²) in [5, 5.41) is 0. The first-order valence-corrected chi connectivity index (χ1v) is 8.46. The van der Waals surface area contributed by atoms with Crippen molar-refractivity contribution < 1.29 is 23.9 Å². The second kappa shape index (κ2) is 7.87. The summed E-state index contributed by atoms with van der Waals surface area (Å²) in [6, 6.07) is 6.33. The molecule has 8 heteroatoms. The molecule has 2 rings (SSSR count). The molecule has 0 unspecified atom stereocenters. The summed E-state index contributed by atoms with van der Waals surface area (Å²) in [5.74, 6) is -0.619. The third-order valence-electron chi connectivity index (χ3n) is 3.33. The number of thioether (sulfide) groups is 1. The summed E-state index contributed by atoms with van der Waals surface area (Å²) < 4.78 is 10.0. The van der Waals surface area contributed by atoms with Crippen LogP contribution in [0.1, 0.15) is 16.8 Å². The van der Waals surface area contributed by atoms with Crippen LogP contribution in [0, 0.1) is 0 Å². The van der Waals surface area contributed by atoms with Gasteiger partial charge in [0.2, 0.25) is 0 Å².